The van der Waals surface area contributed by atoms with Gasteiger partial charge in [0, 0.05) is 24.9 Å². The Morgan fingerprint density at radius 3 is 2.16 bits per heavy atom. The van der Waals surface area contributed by atoms with E-state index in [-0.39, 0.29) is 30.3 Å². The van der Waals surface area contributed by atoms with Crippen LogP contribution in [-0.2, 0) is 29.1 Å². The first-order chi connectivity index (χ1) is 14.8. The van der Waals surface area contributed by atoms with Gasteiger partial charge in [-0.1, -0.05) is 0 Å². The SMILES string of the molecule is CCOc1ccc(NS(=O)(=O)c2ccc(NC(=O)CCC(=O)OCCOC)cc2)cc1. The molecule has 2 aromatic carbocycles. The van der Waals surface area contributed by atoms with Gasteiger partial charge in [-0.3, -0.25) is 14.3 Å². The lowest BCUT2D eigenvalue weighted by molar-refractivity contribution is -0.145. The second kappa shape index (κ2) is 11.9. The van der Waals surface area contributed by atoms with Gasteiger partial charge in [0.25, 0.3) is 10.0 Å². The Bertz CT molecular complexity index is 958. The molecule has 0 unspecified atom stereocenters. The van der Waals surface area contributed by atoms with Gasteiger partial charge in [-0.2, -0.15) is 0 Å². The van der Waals surface area contributed by atoms with E-state index in [1.165, 1.54) is 31.4 Å². The van der Waals surface area contributed by atoms with Crippen molar-refractivity contribution in [2.24, 2.45) is 0 Å². The summed E-state index contributed by atoms with van der Waals surface area (Å²) < 4.78 is 42.5. The van der Waals surface area contributed by atoms with Crippen molar-refractivity contribution in [1.29, 1.82) is 0 Å². The summed E-state index contributed by atoms with van der Waals surface area (Å²) in [5.74, 6) is -0.227. The molecule has 1 amide bonds. The zero-order chi connectivity index (χ0) is 22.7. The Morgan fingerprint density at radius 1 is 0.903 bits per heavy atom. The first kappa shape index (κ1) is 24.2. The van der Waals surface area contributed by atoms with Crippen LogP contribution in [0.15, 0.2) is 53.4 Å². The van der Waals surface area contributed by atoms with Gasteiger partial charge in [0.05, 0.1) is 24.5 Å². The number of hydrogen-bond acceptors (Lipinski definition) is 7. The standard InChI is InChI=1S/C21H26N2O7S/c1-3-29-18-8-4-17(5-9-18)23-31(26,27)19-10-6-16(7-11-19)22-20(24)12-13-21(25)30-15-14-28-2/h4-11,23H,3,12-15H2,1-2H3,(H,22,24). The number of amides is 1. The molecule has 9 nitrogen and oxygen atoms in total. The van der Waals surface area contributed by atoms with Gasteiger partial charge >= 0.3 is 5.97 Å². The zero-order valence-electron chi connectivity index (χ0n) is 17.4. The van der Waals surface area contributed by atoms with Crippen molar-refractivity contribution in [3.05, 3.63) is 48.5 Å². The van der Waals surface area contributed by atoms with Crippen molar-refractivity contribution in [1.82, 2.24) is 0 Å². The summed E-state index contributed by atoms with van der Waals surface area (Å²) in [5.41, 5.74) is 0.816. The fourth-order valence-electron chi connectivity index (χ4n) is 2.47. The van der Waals surface area contributed by atoms with E-state index in [4.69, 9.17) is 14.2 Å². The van der Waals surface area contributed by atoms with E-state index in [0.717, 1.165) is 0 Å². The average molecular weight is 451 g/mol. The van der Waals surface area contributed by atoms with E-state index in [1.54, 1.807) is 24.3 Å². The molecule has 168 valence electrons. The first-order valence-electron chi connectivity index (χ1n) is 9.64. The maximum atomic E-state index is 12.5. The molecule has 0 aliphatic carbocycles. The molecule has 2 aromatic rings. The van der Waals surface area contributed by atoms with Gasteiger partial charge in [0.2, 0.25) is 5.91 Å². The van der Waals surface area contributed by atoms with Crippen molar-refractivity contribution < 1.29 is 32.2 Å². The maximum absolute atomic E-state index is 12.5. The van der Waals surface area contributed by atoms with Gasteiger partial charge in [-0.25, -0.2) is 8.42 Å². The lowest BCUT2D eigenvalue weighted by Gasteiger charge is -2.10. The Kier molecular flexibility index (Phi) is 9.29. The quantitative estimate of drug-likeness (QED) is 0.377. The van der Waals surface area contributed by atoms with Gasteiger partial charge < -0.3 is 19.5 Å². The molecule has 10 heteroatoms. The van der Waals surface area contributed by atoms with Crippen LogP contribution in [0, 0.1) is 0 Å². The van der Waals surface area contributed by atoms with Gasteiger partial charge in [0.1, 0.15) is 12.4 Å². The largest absolute Gasteiger partial charge is 0.494 e. The molecule has 0 atom stereocenters. The molecule has 0 fully saturated rings. The minimum atomic E-state index is -3.79. The smallest absolute Gasteiger partial charge is 0.306 e. The highest BCUT2D eigenvalue weighted by molar-refractivity contribution is 7.92. The van der Waals surface area contributed by atoms with Crippen LogP contribution in [0.1, 0.15) is 19.8 Å². The third kappa shape index (κ3) is 8.27. The van der Waals surface area contributed by atoms with Crippen LogP contribution < -0.4 is 14.8 Å². The van der Waals surface area contributed by atoms with Crippen LogP contribution in [0.5, 0.6) is 5.75 Å². The molecule has 0 aromatic heterocycles. The minimum Gasteiger partial charge on any atom is -0.494 e. The number of rotatable bonds is 12. The summed E-state index contributed by atoms with van der Waals surface area (Å²) in [6.07, 6.45) is -0.112. The number of methoxy groups -OCH3 is 1. The minimum absolute atomic E-state index is 0.0427. The fraction of sp³-hybridized carbons (Fsp3) is 0.333. The second-order valence-corrected chi connectivity index (χ2v) is 8.03. The molecule has 0 aliphatic rings. The highest BCUT2D eigenvalue weighted by Gasteiger charge is 2.15. The zero-order valence-corrected chi connectivity index (χ0v) is 18.2. The summed E-state index contributed by atoms with van der Waals surface area (Å²) in [4.78, 5) is 23.5. The Balaban J connectivity index is 1.88. The molecule has 0 heterocycles. The van der Waals surface area contributed by atoms with Crippen molar-refractivity contribution in [2.45, 2.75) is 24.7 Å². The summed E-state index contributed by atoms with van der Waals surface area (Å²) in [6.45, 7) is 2.81. The molecular weight excluding hydrogens is 424 g/mol. The summed E-state index contributed by atoms with van der Waals surface area (Å²) >= 11 is 0. The summed E-state index contributed by atoms with van der Waals surface area (Å²) in [6, 6.07) is 12.3. The molecule has 0 radical (unpaired) electrons. The molecule has 0 spiro atoms. The van der Waals surface area contributed by atoms with E-state index in [2.05, 4.69) is 10.0 Å². The normalized spacial score (nSPS) is 10.9. The van der Waals surface area contributed by atoms with Crippen molar-refractivity contribution in [3.8, 4) is 5.75 Å². The first-order valence-corrected chi connectivity index (χ1v) is 11.1. The molecule has 2 N–H and O–H groups in total. The number of anilines is 2. The lowest BCUT2D eigenvalue weighted by atomic mass is 10.2. The van der Waals surface area contributed by atoms with E-state index in [0.29, 0.717) is 30.3 Å². The Morgan fingerprint density at radius 2 is 1.55 bits per heavy atom. The van der Waals surface area contributed by atoms with Crippen LogP contribution in [0.3, 0.4) is 0 Å². The lowest BCUT2D eigenvalue weighted by Crippen LogP contribution is -2.16. The van der Waals surface area contributed by atoms with Crippen LogP contribution >= 0.6 is 0 Å². The number of nitrogens with one attached hydrogen (secondary N) is 2. The van der Waals surface area contributed by atoms with Crippen LogP contribution in [0.2, 0.25) is 0 Å². The van der Waals surface area contributed by atoms with Crippen molar-refractivity contribution in [2.75, 3.05) is 37.0 Å². The molecule has 0 aliphatic heterocycles. The summed E-state index contributed by atoms with van der Waals surface area (Å²) in [5, 5.41) is 2.61. The molecule has 31 heavy (non-hydrogen) atoms. The number of carbonyl (C=O) groups is 2. The maximum Gasteiger partial charge on any atom is 0.306 e. The van der Waals surface area contributed by atoms with Crippen molar-refractivity contribution in [3.63, 3.8) is 0 Å². The number of benzene rings is 2. The predicted octanol–water partition coefficient (Wildman–Crippen LogP) is 2.79. The number of esters is 1. The number of hydrogen-bond donors (Lipinski definition) is 2. The number of carbonyl (C=O) groups excluding carboxylic acids is 2. The highest BCUT2D eigenvalue weighted by atomic mass is 32.2. The van der Waals surface area contributed by atoms with Crippen LogP contribution in [0.25, 0.3) is 0 Å². The molecule has 0 saturated carbocycles. The van der Waals surface area contributed by atoms with Crippen LogP contribution in [0.4, 0.5) is 11.4 Å². The number of ether oxygens (including phenoxy) is 3. The van der Waals surface area contributed by atoms with Crippen molar-refractivity contribution >= 4 is 33.3 Å². The predicted molar refractivity (Wildman–Crippen MR) is 116 cm³/mol. The molecule has 0 saturated heterocycles. The third-order valence-corrected chi connectivity index (χ3v) is 5.37. The van der Waals surface area contributed by atoms with E-state index in [9.17, 15) is 18.0 Å². The third-order valence-electron chi connectivity index (χ3n) is 3.97. The average Bonchev–Trinajstić information content (AvgIpc) is 2.74. The van der Waals surface area contributed by atoms with E-state index < -0.39 is 16.0 Å². The fourth-order valence-corrected chi connectivity index (χ4v) is 3.53. The Labute approximate surface area is 181 Å². The number of sulfonamides is 1. The summed E-state index contributed by atoms with van der Waals surface area (Å²) in [7, 11) is -2.30. The molecule has 0 bridgehead atoms. The van der Waals surface area contributed by atoms with Gasteiger partial charge in [0.15, 0.2) is 0 Å². The van der Waals surface area contributed by atoms with Gasteiger partial charge in [-0.05, 0) is 55.5 Å². The van der Waals surface area contributed by atoms with Crippen LogP contribution in [-0.4, -0.2) is 47.2 Å². The van der Waals surface area contributed by atoms with Gasteiger partial charge in [-0.15, -0.1) is 0 Å². The monoisotopic (exact) mass is 450 g/mol. The van der Waals surface area contributed by atoms with E-state index in [1.807, 2.05) is 6.92 Å². The molecular formula is C21H26N2O7S. The van der Waals surface area contributed by atoms with E-state index >= 15 is 0 Å². The topological polar surface area (TPSA) is 120 Å². The second-order valence-electron chi connectivity index (χ2n) is 6.35. The highest BCUT2D eigenvalue weighted by Crippen LogP contribution is 2.21. The molecule has 2 rings (SSSR count). The Hall–Kier alpha value is -3.11.